The second-order valence-electron chi connectivity index (χ2n) is 4.93. The van der Waals surface area contributed by atoms with E-state index in [9.17, 15) is 0 Å². The Labute approximate surface area is 127 Å². The summed E-state index contributed by atoms with van der Waals surface area (Å²) in [4.78, 5) is 6.59. The Kier molecular flexibility index (Phi) is 3.83. The molecule has 3 N–H and O–H groups in total. The Morgan fingerprint density at radius 1 is 1.35 bits per heavy atom. The van der Waals surface area contributed by atoms with Gasteiger partial charge >= 0.3 is 0 Å². The summed E-state index contributed by atoms with van der Waals surface area (Å²) < 4.78 is 0. The molecule has 1 atom stereocenters. The number of benzene rings is 1. The van der Waals surface area contributed by atoms with Gasteiger partial charge in [0.2, 0.25) is 5.95 Å². The van der Waals surface area contributed by atoms with Crippen molar-refractivity contribution in [2.75, 3.05) is 18.0 Å². The van der Waals surface area contributed by atoms with Gasteiger partial charge in [0.05, 0.1) is 10.0 Å². The van der Waals surface area contributed by atoms with Gasteiger partial charge < -0.3 is 10.6 Å². The van der Waals surface area contributed by atoms with Crippen LogP contribution >= 0.6 is 23.2 Å². The zero-order valence-electron chi connectivity index (χ0n) is 10.8. The van der Waals surface area contributed by atoms with Crippen LogP contribution in [-0.2, 0) is 0 Å². The number of nitrogens with one attached hydrogen (secondary N) is 1. The first-order chi connectivity index (χ1) is 9.65. The predicted molar refractivity (Wildman–Crippen MR) is 81.3 cm³/mol. The lowest BCUT2D eigenvalue weighted by atomic mass is 10.1. The van der Waals surface area contributed by atoms with Crippen LogP contribution in [0.5, 0.6) is 0 Å². The molecule has 0 spiro atoms. The van der Waals surface area contributed by atoms with Crippen LogP contribution in [0.4, 0.5) is 5.95 Å². The third-order valence-corrected chi connectivity index (χ3v) is 4.24. The van der Waals surface area contributed by atoms with E-state index in [1.54, 1.807) is 6.07 Å². The maximum atomic E-state index is 6.19. The molecule has 0 bridgehead atoms. The van der Waals surface area contributed by atoms with Gasteiger partial charge in [-0.15, -0.1) is 5.10 Å². The lowest BCUT2D eigenvalue weighted by Crippen LogP contribution is -2.43. The molecular formula is C13H15Cl2N5. The van der Waals surface area contributed by atoms with E-state index in [4.69, 9.17) is 28.9 Å². The average molecular weight is 312 g/mol. The smallest absolute Gasteiger partial charge is 0.245 e. The molecule has 1 aromatic heterocycles. The molecule has 1 saturated heterocycles. The lowest BCUT2D eigenvalue weighted by Gasteiger charge is -2.29. The summed E-state index contributed by atoms with van der Waals surface area (Å²) in [6.45, 7) is 1.70. The number of hydrogen-bond acceptors (Lipinski definition) is 4. The normalized spacial score (nSPS) is 19.4. The van der Waals surface area contributed by atoms with E-state index in [2.05, 4.69) is 20.1 Å². The minimum Gasteiger partial charge on any atom is -0.338 e. The minimum atomic E-state index is 0.181. The molecule has 1 aromatic carbocycles. The fourth-order valence-corrected chi connectivity index (χ4v) is 2.78. The van der Waals surface area contributed by atoms with E-state index in [-0.39, 0.29) is 6.04 Å². The molecule has 3 rings (SSSR count). The molecule has 0 amide bonds. The monoisotopic (exact) mass is 311 g/mol. The van der Waals surface area contributed by atoms with E-state index >= 15 is 0 Å². The standard InChI is InChI=1S/C13H15Cl2N5/c14-10-5-1-4-9(11(10)15)12-17-13(19-18-12)20-6-2-3-8(16)7-20/h1,4-5,8H,2-3,6-7,16H2,(H,17,18,19). The number of rotatable bonds is 2. The van der Waals surface area contributed by atoms with Crippen LogP contribution in [0.1, 0.15) is 12.8 Å². The summed E-state index contributed by atoms with van der Waals surface area (Å²) in [6.07, 6.45) is 2.11. The summed E-state index contributed by atoms with van der Waals surface area (Å²) in [5, 5.41) is 8.15. The zero-order valence-corrected chi connectivity index (χ0v) is 12.3. The highest BCUT2D eigenvalue weighted by molar-refractivity contribution is 6.43. The number of nitrogens with zero attached hydrogens (tertiary/aromatic N) is 3. The van der Waals surface area contributed by atoms with Crippen molar-refractivity contribution < 1.29 is 0 Å². The van der Waals surface area contributed by atoms with Crippen LogP contribution in [-0.4, -0.2) is 34.3 Å². The quantitative estimate of drug-likeness (QED) is 0.894. The molecule has 0 saturated carbocycles. The van der Waals surface area contributed by atoms with E-state index in [0.29, 0.717) is 21.8 Å². The first-order valence-corrected chi connectivity index (χ1v) is 7.28. The molecule has 2 aromatic rings. The van der Waals surface area contributed by atoms with Gasteiger partial charge in [0, 0.05) is 24.7 Å². The van der Waals surface area contributed by atoms with Gasteiger partial charge in [-0.25, -0.2) is 0 Å². The van der Waals surface area contributed by atoms with Crippen molar-refractivity contribution in [3.05, 3.63) is 28.2 Å². The molecule has 7 heteroatoms. The molecule has 1 aliphatic rings. The Bertz CT molecular complexity index is 613. The number of hydrogen-bond donors (Lipinski definition) is 2. The third-order valence-electron chi connectivity index (χ3n) is 3.42. The van der Waals surface area contributed by atoms with E-state index < -0.39 is 0 Å². The van der Waals surface area contributed by atoms with Crippen LogP contribution in [0.2, 0.25) is 10.0 Å². The molecular weight excluding hydrogens is 297 g/mol. The van der Waals surface area contributed by atoms with E-state index in [1.165, 1.54) is 0 Å². The highest BCUT2D eigenvalue weighted by atomic mass is 35.5. The molecule has 0 radical (unpaired) electrons. The molecule has 1 fully saturated rings. The number of nitrogens with two attached hydrogens (primary N) is 1. The van der Waals surface area contributed by atoms with Crippen molar-refractivity contribution >= 4 is 29.2 Å². The number of anilines is 1. The lowest BCUT2D eigenvalue weighted by molar-refractivity contribution is 0.500. The Hall–Kier alpha value is -1.30. The van der Waals surface area contributed by atoms with E-state index in [0.717, 1.165) is 31.5 Å². The van der Waals surface area contributed by atoms with Crippen molar-refractivity contribution in [3.8, 4) is 11.4 Å². The molecule has 5 nitrogen and oxygen atoms in total. The fraction of sp³-hybridized carbons (Fsp3) is 0.385. The highest BCUT2D eigenvalue weighted by Crippen LogP contribution is 2.32. The zero-order chi connectivity index (χ0) is 14.1. The van der Waals surface area contributed by atoms with Crippen LogP contribution in [0.25, 0.3) is 11.4 Å². The second-order valence-corrected chi connectivity index (χ2v) is 5.72. The Morgan fingerprint density at radius 2 is 2.20 bits per heavy atom. The number of piperidine rings is 1. The first-order valence-electron chi connectivity index (χ1n) is 6.52. The molecule has 1 unspecified atom stereocenters. The Morgan fingerprint density at radius 3 is 3.00 bits per heavy atom. The van der Waals surface area contributed by atoms with Crippen LogP contribution < -0.4 is 10.6 Å². The van der Waals surface area contributed by atoms with E-state index in [1.807, 2.05) is 12.1 Å². The maximum Gasteiger partial charge on any atom is 0.245 e. The second kappa shape index (κ2) is 5.60. The fourth-order valence-electron chi connectivity index (χ4n) is 2.39. The largest absolute Gasteiger partial charge is 0.338 e. The average Bonchev–Trinajstić information content (AvgIpc) is 2.91. The van der Waals surface area contributed by atoms with Crippen molar-refractivity contribution in [1.29, 1.82) is 0 Å². The number of H-pyrrole nitrogens is 1. The molecule has 1 aliphatic heterocycles. The summed E-state index contributed by atoms with van der Waals surface area (Å²) in [5.41, 5.74) is 6.73. The van der Waals surface area contributed by atoms with Gasteiger partial charge in [0.15, 0.2) is 5.82 Å². The van der Waals surface area contributed by atoms with Gasteiger partial charge in [0.25, 0.3) is 0 Å². The third kappa shape index (κ3) is 2.61. The van der Waals surface area contributed by atoms with Gasteiger partial charge in [0.1, 0.15) is 0 Å². The van der Waals surface area contributed by atoms with Crippen molar-refractivity contribution in [3.63, 3.8) is 0 Å². The van der Waals surface area contributed by atoms with Crippen LogP contribution in [0.3, 0.4) is 0 Å². The van der Waals surface area contributed by atoms with Crippen molar-refractivity contribution in [2.24, 2.45) is 5.73 Å². The highest BCUT2D eigenvalue weighted by Gasteiger charge is 2.21. The maximum absolute atomic E-state index is 6.19. The summed E-state index contributed by atoms with van der Waals surface area (Å²) >= 11 is 12.2. The first kappa shape index (κ1) is 13.7. The number of aromatic nitrogens is 3. The topological polar surface area (TPSA) is 70.8 Å². The molecule has 106 valence electrons. The van der Waals surface area contributed by atoms with Crippen LogP contribution in [0.15, 0.2) is 18.2 Å². The minimum absolute atomic E-state index is 0.181. The van der Waals surface area contributed by atoms with Gasteiger partial charge in [-0.1, -0.05) is 29.3 Å². The summed E-state index contributed by atoms with van der Waals surface area (Å²) in [6, 6.07) is 5.62. The SMILES string of the molecule is NC1CCCN(c2n[nH]c(-c3cccc(Cl)c3Cl)n2)C1. The molecule has 2 heterocycles. The van der Waals surface area contributed by atoms with Gasteiger partial charge in [-0.05, 0) is 25.0 Å². The summed E-state index contributed by atoms with van der Waals surface area (Å²) in [5.74, 6) is 1.28. The summed E-state index contributed by atoms with van der Waals surface area (Å²) in [7, 11) is 0. The number of halogens is 2. The van der Waals surface area contributed by atoms with Crippen molar-refractivity contribution in [1.82, 2.24) is 15.2 Å². The van der Waals surface area contributed by atoms with Gasteiger partial charge in [-0.2, -0.15) is 4.98 Å². The molecule has 0 aliphatic carbocycles. The van der Waals surface area contributed by atoms with Crippen LogP contribution in [0, 0.1) is 0 Å². The van der Waals surface area contributed by atoms with Gasteiger partial charge in [-0.3, -0.25) is 5.10 Å². The number of aromatic amines is 1. The van der Waals surface area contributed by atoms with Crippen molar-refractivity contribution in [2.45, 2.75) is 18.9 Å². The molecule has 20 heavy (non-hydrogen) atoms. The predicted octanol–water partition coefficient (Wildman–Crippen LogP) is 2.71. The Balaban J connectivity index is 1.88.